The molecule has 0 amide bonds. The summed E-state index contributed by atoms with van der Waals surface area (Å²) >= 11 is 1.40. The molecule has 1 radical (unpaired) electrons. The minimum Gasteiger partial charge on any atom is -0.317 e. The molecule has 0 heterocycles. The Hall–Kier alpha value is 0.452. The summed E-state index contributed by atoms with van der Waals surface area (Å²) in [5.41, 5.74) is 2.00. The number of unbranched alkanes of at least 4 members (excludes halogenated alkanes) is 1. The van der Waals surface area contributed by atoms with Crippen molar-refractivity contribution in [1.82, 2.24) is 5.48 Å². The fourth-order valence-corrected chi connectivity index (χ4v) is 1.22. The van der Waals surface area contributed by atoms with Crippen LogP contribution in [0.5, 0.6) is 0 Å². The predicted octanol–water partition coefficient (Wildman–Crippen LogP) is 1.27. The molecule has 0 aromatic rings. The molecule has 0 aliphatic heterocycles. The molecule has 0 aliphatic rings. The fraction of sp³-hybridized carbons (Fsp3) is 0.875. The van der Waals surface area contributed by atoms with Crippen molar-refractivity contribution in [1.29, 1.82) is 0 Å². The molecule has 0 aromatic heterocycles. The van der Waals surface area contributed by atoms with E-state index < -0.39 is 0 Å². The van der Waals surface area contributed by atoms with Crippen LogP contribution in [0.25, 0.3) is 0 Å². The van der Waals surface area contributed by atoms with E-state index in [-0.39, 0.29) is 5.92 Å². The lowest BCUT2D eigenvalue weighted by molar-refractivity contribution is 0.158. The van der Waals surface area contributed by atoms with Crippen LogP contribution in [-0.4, -0.2) is 28.0 Å². The topological polar surface area (TPSA) is 32.3 Å². The fourth-order valence-electron chi connectivity index (χ4n) is 0.509. The molecule has 3 heteroatoms. The van der Waals surface area contributed by atoms with E-state index in [0.29, 0.717) is 6.54 Å². The highest BCUT2D eigenvalue weighted by Gasteiger charge is 1.85. The van der Waals surface area contributed by atoms with Gasteiger partial charge < -0.3 is 5.21 Å². The van der Waals surface area contributed by atoms with Crippen LogP contribution in [0, 0.1) is 12.8 Å². The second-order valence-corrected chi connectivity index (χ2v) is 3.82. The molecule has 0 aromatic carbocycles. The number of rotatable bonds is 4. The molecule has 2 nitrogen and oxygen atoms in total. The highest BCUT2D eigenvalue weighted by molar-refractivity contribution is 6.08. The molecule has 0 unspecified atom stereocenters. The van der Waals surface area contributed by atoms with Gasteiger partial charge in [-0.2, -0.15) is 0 Å². The van der Waals surface area contributed by atoms with E-state index in [4.69, 9.17) is 5.21 Å². The van der Waals surface area contributed by atoms with E-state index in [1.165, 1.54) is 34.4 Å². The van der Waals surface area contributed by atoms with Crippen LogP contribution in [0.3, 0.4) is 0 Å². The van der Waals surface area contributed by atoms with Gasteiger partial charge in [-0.05, 0) is 12.8 Å². The third kappa shape index (κ3) is 25.1. The molecule has 0 saturated heterocycles. The number of nitrogens with one attached hydrogen (secondary N) is 1. The SMILES string of the molecule is CCC[CH2][AlH2].[CH2][C@H](C)CNO. The van der Waals surface area contributed by atoms with Crippen molar-refractivity contribution >= 4 is 16.3 Å². The van der Waals surface area contributed by atoms with Crippen LogP contribution >= 0.6 is 0 Å². The summed E-state index contributed by atoms with van der Waals surface area (Å²) in [7, 11) is 0. The van der Waals surface area contributed by atoms with Gasteiger partial charge in [0.25, 0.3) is 0 Å². The molecule has 67 valence electrons. The van der Waals surface area contributed by atoms with Gasteiger partial charge in [0.1, 0.15) is 0 Å². The van der Waals surface area contributed by atoms with Crippen molar-refractivity contribution in [2.45, 2.75) is 32.0 Å². The molecule has 1 atom stereocenters. The van der Waals surface area contributed by atoms with Crippen molar-refractivity contribution in [3.8, 4) is 0 Å². The minimum atomic E-state index is 0.287. The van der Waals surface area contributed by atoms with Gasteiger partial charge in [-0.3, -0.25) is 0 Å². The third-order valence-electron chi connectivity index (χ3n) is 1.15. The molecule has 0 saturated carbocycles. The Morgan fingerprint density at radius 2 is 2.18 bits per heavy atom. The van der Waals surface area contributed by atoms with Crippen molar-refractivity contribution in [2.24, 2.45) is 5.92 Å². The first-order chi connectivity index (χ1) is 5.18. The first kappa shape index (κ1) is 14.0. The van der Waals surface area contributed by atoms with E-state index in [0.717, 1.165) is 0 Å². The lowest BCUT2D eigenvalue weighted by Crippen LogP contribution is -2.14. The second-order valence-electron chi connectivity index (χ2n) is 2.82. The largest absolute Gasteiger partial charge is 0.317 e. The van der Waals surface area contributed by atoms with Crippen LogP contribution in [0.4, 0.5) is 0 Å². The van der Waals surface area contributed by atoms with E-state index in [1.807, 2.05) is 12.4 Å². The maximum Gasteiger partial charge on any atom is 0.211 e. The van der Waals surface area contributed by atoms with Crippen LogP contribution in [0.15, 0.2) is 0 Å². The Balaban J connectivity index is 0. The third-order valence-corrected chi connectivity index (χ3v) is 1.85. The standard InChI is InChI=1S/C4H10NO.C4H9.Al.2H/c1-4(2)3-5-6;1-3-4-2;;;/h4-6H,1,3H2,2H3;1,3-4H2,2H3;;;/t4-;;;;/m1..../s1. The van der Waals surface area contributed by atoms with Crippen LogP contribution in [0.1, 0.15) is 26.7 Å². The molecule has 0 spiro atoms. The summed E-state index contributed by atoms with van der Waals surface area (Å²) in [5, 5.41) is 9.43. The molecule has 0 aliphatic carbocycles. The summed E-state index contributed by atoms with van der Waals surface area (Å²) in [6.45, 7) is 8.33. The zero-order valence-corrected chi connectivity index (χ0v) is 10.1. The predicted molar refractivity (Wildman–Crippen MR) is 52.6 cm³/mol. The highest BCUT2D eigenvalue weighted by Crippen LogP contribution is 1.86. The Morgan fingerprint density at radius 1 is 1.64 bits per heavy atom. The molecule has 0 fully saturated rings. The Morgan fingerprint density at radius 3 is 2.18 bits per heavy atom. The summed E-state index contributed by atoms with van der Waals surface area (Å²) in [4.78, 5) is 0. The van der Waals surface area contributed by atoms with Gasteiger partial charge in [-0.1, -0.05) is 26.7 Å². The van der Waals surface area contributed by atoms with Gasteiger partial charge in [-0.15, -0.1) is 5.28 Å². The van der Waals surface area contributed by atoms with Gasteiger partial charge in [0.15, 0.2) is 0 Å². The van der Waals surface area contributed by atoms with E-state index >= 15 is 0 Å². The van der Waals surface area contributed by atoms with Gasteiger partial charge in [0, 0.05) is 6.54 Å². The lowest BCUT2D eigenvalue weighted by atomic mass is 10.2. The zero-order valence-electron chi connectivity index (χ0n) is 8.06. The van der Waals surface area contributed by atoms with Crippen molar-refractivity contribution in [2.75, 3.05) is 6.54 Å². The van der Waals surface area contributed by atoms with E-state index in [1.54, 1.807) is 0 Å². The van der Waals surface area contributed by atoms with Crippen LogP contribution in [-0.2, 0) is 0 Å². The lowest BCUT2D eigenvalue weighted by Gasteiger charge is -1.97. The van der Waals surface area contributed by atoms with Gasteiger partial charge >= 0.3 is 0 Å². The zero-order chi connectivity index (χ0) is 9.11. The number of hydrogen-bond acceptors (Lipinski definition) is 2. The van der Waals surface area contributed by atoms with Gasteiger partial charge in [0.2, 0.25) is 16.3 Å². The number of hydrogen-bond donors (Lipinski definition) is 2. The highest BCUT2D eigenvalue weighted by atomic mass is 27.0. The average Bonchev–Trinajstić information content (AvgIpc) is 1.90. The smallest absolute Gasteiger partial charge is 0.211 e. The molecule has 11 heavy (non-hydrogen) atoms. The van der Waals surface area contributed by atoms with Gasteiger partial charge in [0.05, 0.1) is 0 Å². The molecular weight excluding hydrogens is 153 g/mol. The average molecular weight is 174 g/mol. The summed E-state index contributed by atoms with van der Waals surface area (Å²) in [5.74, 6) is 0.287. The first-order valence-corrected chi connectivity index (χ1v) is 5.80. The number of hydroxylamine groups is 1. The van der Waals surface area contributed by atoms with Crippen molar-refractivity contribution < 1.29 is 5.21 Å². The van der Waals surface area contributed by atoms with E-state index in [9.17, 15) is 0 Å². The van der Waals surface area contributed by atoms with E-state index in [2.05, 4.69) is 13.8 Å². The normalized spacial score (nSPS) is 9.18. The molecule has 0 rings (SSSR count). The van der Waals surface area contributed by atoms with Gasteiger partial charge in [-0.25, -0.2) is 5.48 Å². The monoisotopic (exact) mass is 174 g/mol. The molecular formula is C8H21AlNO. The second kappa shape index (κ2) is 13.1. The Labute approximate surface area is 78.8 Å². The quantitative estimate of drug-likeness (QED) is 0.497. The molecule has 0 bridgehead atoms. The van der Waals surface area contributed by atoms with Crippen molar-refractivity contribution in [3.63, 3.8) is 0 Å². The maximum absolute atomic E-state index is 7.95. The summed E-state index contributed by atoms with van der Waals surface area (Å²) in [6.07, 6.45) is 2.83. The molecule has 2 N–H and O–H groups in total. The van der Waals surface area contributed by atoms with Crippen LogP contribution in [0.2, 0.25) is 5.28 Å². The van der Waals surface area contributed by atoms with Crippen molar-refractivity contribution in [3.05, 3.63) is 6.92 Å². The Kier molecular flexibility index (Phi) is 16.6. The Bertz CT molecular complexity index is 58.1. The van der Waals surface area contributed by atoms with Crippen LogP contribution < -0.4 is 5.48 Å². The summed E-state index contributed by atoms with van der Waals surface area (Å²) < 4.78 is 0. The maximum atomic E-state index is 7.95. The summed E-state index contributed by atoms with van der Waals surface area (Å²) in [6, 6.07) is 0. The minimum absolute atomic E-state index is 0.287. The first-order valence-electron chi connectivity index (χ1n) is 4.39.